The molecule has 0 aromatic heterocycles. The quantitative estimate of drug-likeness (QED) is 0.444. The Balaban J connectivity index is 2.17. The van der Waals surface area contributed by atoms with Gasteiger partial charge in [-0.05, 0) is 18.8 Å². The molecule has 14 heavy (non-hydrogen) atoms. The van der Waals surface area contributed by atoms with Crippen molar-refractivity contribution in [3.8, 4) is 0 Å². The summed E-state index contributed by atoms with van der Waals surface area (Å²) in [6.07, 6.45) is 0.889. The number of hydrogen-bond acceptors (Lipinski definition) is 5. The Hall–Kier alpha value is -1.23. The minimum Gasteiger partial charge on any atom is -0.371 e. The van der Waals surface area contributed by atoms with E-state index in [9.17, 15) is 5.11 Å². The van der Waals surface area contributed by atoms with Gasteiger partial charge in [-0.1, -0.05) is 6.92 Å². The first-order chi connectivity index (χ1) is 6.70. The lowest BCUT2D eigenvalue weighted by Gasteiger charge is -2.32. The van der Waals surface area contributed by atoms with Crippen LogP contribution in [0.1, 0.15) is 12.8 Å². The number of nitrogens with two attached hydrogens (primary N) is 1. The third kappa shape index (κ3) is 1.55. The molecular formula is C9H15N4O. The van der Waals surface area contributed by atoms with Crippen LogP contribution < -0.4 is 16.4 Å². The highest BCUT2D eigenvalue weighted by Crippen LogP contribution is 2.25. The summed E-state index contributed by atoms with van der Waals surface area (Å²) >= 11 is 0. The van der Waals surface area contributed by atoms with E-state index in [2.05, 4.69) is 22.5 Å². The smallest absolute Gasteiger partial charge is 0.197 e. The van der Waals surface area contributed by atoms with E-state index in [0.717, 1.165) is 30.8 Å². The van der Waals surface area contributed by atoms with Crippen molar-refractivity contribution in [3.63, 3.8) is 0 Å². The van der Waals surface area contributed by atoms with E-state index < -0.39 is 6.23 Å². The predicted octanol–water partition coefficient (Wildman–Crippen LogP) is -0.732. The van der Waals surface area contributed by atoms with Crippen LogP contribution in [0.15, 0.2) is 16.4 Å². The van der Waals surface area contributed by atoms with E-state index in [1.165, 1.54) is 0 Å². The average Bonchev–Trinajstić information content (AvgIpc) is 2.17. The first-order valence-corrected chi connectivity index (χ1v) is 4.75. The molecule has 77 valence electrons. The first-order valence-electron chi connectivity index (χ1n) is 4.75. The molecule has 0 aliphatic carbocycles. The van der Waals surface area contributed by atoms with Crippen LogP contribution in [0.25, 0.3) is 0 Å². The lowest BCUT2D eigenvalue weighted by Crippen LogP contribution is -2.47. The molecule has 0 aromatic rings. The summed E-state index contributed by atoms with van der Waals surface area (Å²) in [5, 5.41) is 15.8. The summed E-state index contributed by atoms with van der Waals surface area (Å²) in [6, 6.07) is 0. The second kappa shape index (κ2) is 3.49. The zero-order chi connectivity index (χ0) is 10.1. The van der Waals surface area contributed by atoms with E-state index in [1.54, 1.807) is 0 Å². The number of nitrogens with one attached hydrogen (secondary N) is 2. The molecule has 0 amide bonds. The summed E-state index contributed by atoms with van der Waals surface area (Å²) in [5.41, 5.74) is 6.38. The molecule has 0 saturated heterocycles. The van der Waals surface area contributed by atoms with Crippen LogP contribution in [0.5, 0.6) is 0 Å². The Bertz CT molecular complexity index is 297. The fraction of sp³-hybridized carbons (Fsp3) is 0.556. The van der Waals surface area contributed by atoms with E-state index in [-0.39, 0.29) is 5.96 Å². The van der Waals surface area contributed by atoms with Gasteiger partial charge >= 0.3 is 0 Å². The van der Waals surface area contributed by atoms with Crippen LogP contribution in [0.2, 0.25) is 0 Å². The summed E-state index contributed by atoms with van der Waals surface area (Å²) in [7, 11) is 0. The van der Waals surface area contributed by atoms with Crippen LogP contribution in [-0.4, -0.2) is 23.8 Å². The Labute approximate surface area is 83.1 Å². The Morgan fingerprint density at radius 3 is 3.14 bits per heavy atom. The van der Waals surface area contributed by atoms with E-state index in [0.29, 0.717) is 5.92 Å². The zero-order valence-corrected chi connectivity index (χ0v) is 7.95. The fourth-order valence-electron chi connectivity index (χ4n) is 1.78. The summed E-state index contributed by atoms with van der Waals surface area (Å²) in [5.74, 6) is 1.55. The highest BCUT2D eigenvalue weighted by Gasteiger charge is 2.27. The third-order valence-electron chi connectivity index (χ3n) is 2.63. The summed E-state index contributed by atoms with van der Waals surface area (Å²) in [6.45, 7) is 4.73. The molecule has 2 atom stereocenters. The van der Waals surface area contributed by atoms with Crippen LogP contribution >= 0.6 is 0 Å². The number of aliphatic hydroxyl groups is 1. The highest BCUT2D eigenvalue weighted by atomic mass is 16.3. The minimum atomic E-state index is -0.798. The molecule has 0 spiro atoms. The van der Waals surface area contributed by atoms with Gasteiger partial charge in [-0.3, -0.25) is 0 Å². The van der Waals surface area contributed by atoms with E-state index >= 15 is 0 Å². The Kier molecular flexibility index (Phi) is 2.33. The largest absolute Gasteiger partial charge is 0.371 e. The second-order valence-corrected chi connectivity index (χ2v) is 3.65. The number of rotatable bonds is 1. The molecular weight excluding hydrogens is 180 g/mol. The van der Waals surface area contributed by atoms with Gasteiger partial charge in [0.1, 0.15) is 5.82 Å². The molecule has 2 rings (SSSR count). The molecule has 5 N–H and O–H groups in total. The van der Waals surface area contributed by atoms with E-state index in [4.69, 9.17) is 5.73 Å². The number of aliphatic imine (C=N–C) groups is 1. The van der Waals surface area contributed by atoms with Crippen molar-refractivity contribution in [1.82, 2.24) is 10.6 Å². The number of aliphatic hydroxyl groups excluding tert-OH is 1. The van der Waals surface area contributed by atoms with Crippen molar-refractivity contribution < 1.29 is 5.11 Å². The van der Waals surface area contributed by atoms with Crippen molar-refractivity contribution in [2.75, 3.05) is 6.54 Å². The molecule has 2 aliphatic heterocycles. The maximum absolute atomic E-state index is 9.66. The predicted molar refractivity (Wildman–Crippen MR) is 53.9 cm³/mol. The molecule has 5 heteroatoms. The van der Waals surface area contributed by atoms with Gasteiger partial charge < -0.3 is 21.5 Å². The third-order valence-corrected chi connectivity index (χ3v) is 2.63. The van der Waals surface area contributed by atoms with E-state index in [1.807, 2.05) is 0 Å². The maximum Gasteiger partial charge on any atom is 0.197 e. The summed E-state index contributed by atoms with van der Waals surface area (Å²) in [4.78, 5) is 3.86. The van der Waals surface area contributed by atoms with Gasteiger partial charge in [0, 0.05) is 12.1 Å². The van der Waals surface area contributed by atoms with Crippen molar-refractivity contribution >= 4 is 5.96 Å². The standard InChI is InChI=1S/C9H15N4O/c1-2-5-3-6-7(11-4-5)12-9(10)13-8(6)14/h5,8,11,14H,1-4H2,(H3,10,12,13). The van der Waals surface area contributed by atoms with Gasteiger partial charge in [0.25, 0.3) is 0 Å². The van der Waals surface area contributed by atoms with Crippen LogP contribution in [0.3, 0.4) is 0 Å². The molecule has 2 unspecified atom stereocenters. The van der Waals surface area contributed by atoms with Crippen molar-refractivity contribution in [1.29, 1.82) is 0 Å². The lowest BCUT2D eigenvalue weighted by atomic mass is 9.92. The van der Waals surface area contributed by atoms with Gasteiger partial charge in [0.05, 0.1) is 0 Å². The molecule has 0 bridgehead atoms. The molecule has 0 fully saturated rings. The van der Waals surface area contributed by atoms with Crippen LogP contribution in [0, 0.1) is 12.8 Å². The van der Waals surface area contributed by atoms with Crippen molar-refractivity contribution in [3.05, 3.63) is 18.3 Å². The van der Waals surface area contributed by atoms with Crippen LogP contribution in [0.4, 0.5) is 0 Å². The lowest BCUT2D eigenvalue weighted by molar-refractivity contribution is 0.200. The minimum absolute atomic E-state index is 0.261. The normalized spacial score (nSPS) is 31.4. The van der Waals surface area contributed by atoms with Gasteiger partial charge in [-0.25, -0.2) is 4.99 Å². The molecule has 0 saturated carbocycles. The maximum atomic E-state index is 9.66. The molecule has 2 aliphatic rings. The highest BCUT2D eigenvalue weighted by molar-refractivity contribution is 5.81. The van der Waals surface area contributed by atoms with Gasteiger partial charge in [-0.15, -0.1) is 0 Å². The summed E-state index contributed by atoms with van der Waals surface area (Å²) < 4.78 is 0. The van der Waals surface area contributed by atoms with Gasteiger partial charge in [0.2, 0.25) is 0 Å². The molecule has 1 radical (unpaired) electrons. The molecule has 2 heterocycles. The molecule has 0 aromatic carbocycles. The van der Waals surface area contributed by atoms with Crippen molar-refractivity contribution in [2.24, 2.45) is 16.6 Å². The number of hydrogen-bond donors (Lipinski definition) is 4. The number of nitrogens with zero attached hydrogens (tertiary/aromatic N) is 1. The van der Waals surface area contributed by atoms with Gasteiger partial charge in [0.15, 0.2) is 12.2 Å². The zero-order valence-electron chi connectivity index (χ0n) is 7.95. The van der Waals surface area contributed by atoms with Gasteiger partial charge in [-0.2, -0.15) is 0 Å². The molecule has 5 nitrogen and oxygen atoms in total. The second-order valence-electron chi connectivity index (χ2n) is 3.65. The first kappa shape index (κ1) is 9.33. The van der Waals surface area contributed by atoms with Crippen LogP contribution in [-0.2, 0) is 0 Å². The topological polar surface area (TPSA) is 82.7 Å². The monoisotopic (exact) mass is 195 g/mol. The SMILES string of the molecule is [CH2]CC1CNC2=C(C1)C(O)N=C(N)N2. The Morgan fingerprint density at radius 1 is 1.64 bits per heavy atom. The average molecular weight is 195 g/mol. The fourth-order valence-corrected chi connectivity index (χ4v) is 1.78. The Morgan fingerprint density at radius 2 is 2.43 bits per heavy atom. The number of guanidine groups is 1. The van der Waals surface area contributed by atoms with Crippen molar-refractivity contribution in [2.45, 2.75) is 19.1 Å².